The first kappa shape index (κ1) is 34.4. The van der Waals surface area contributed by atoms with Crippen LogP contribution >= 0.6 is 0 Å². The summed E-state index contributed by atoms with van der Waals surface area (Å²) in [7, 11) is 1.65. The van der Waals surface area contributed by atoms with Gasteiger partial charge in [0.05, 0.1) is 11.6 Å². The number of likely N-dealkylation sites (N-methyl/N-ethyl adjacent to an activating group) is 1. The van der Waals surface area contributed by atoms with E-state index in [1.807, 2.05) is 19.9 Å². The van der Waals surface area contributed by atoms with E-state index in [0.717, 1.165) is 51.2 Å². The molecule has 0 radical (unpaired) electrons. The minimum atomic E-state index is -0.766. The van der Waals surface area contributed by atoms with E-state index in [-0.39, 0.29) is 29.1 Å². The zero-order chi connectivity index (χ0) is 32.8. The van der Waals surface area contributed by atoms with Crippen LogP contribution in [0.15, 0.2) is 65.0 Å². The number of ether oxygens (including phenoxy) is 1. The van der Waals surface area contributed by atoms with Crippen molar-refractivity contribution >= 4 is 24.6 Å². The lowest BCUT2D eigenvalue weighted by molar-refractivity contribution is -0.138. The smallest absolute Gasteiger partial charge is 0.298 e. The van der Waals surface area contributed by atoms with Crippen molar-refractivity contribution in [1.29, 1.82) is 0 Å². The van der Waals surface area contributed by atoms with E-state index < -0.39 is 17.5 Å². The number of nitrogens with one attached hydrogen (secondary N) is 1. The van der Waals surface area contributed by atoms with Crippen LogP contribution in [0.5, 0.6) is 0 Å². The number of hydrogen-bond acceptors (Lipinski definition) is 5. The standard InChI is InChI=1S/C38H52N2O5/c1-7-14-30-31-22-34(45-25-42)29(23-37(31,4)19-20-38(30,5)28-17-12-9-13-18-28)36(44)40(6)33(21-26(2)3)35(43)39-32(24-41)27-15-10-8-11-16-27/h9,12-13,17-20,24-27,32-33H,7-8,10-11,14-16,21-23H2,1-6H3,(H,39,43). The molecule has 1 N–H and O–H groups in total. The summed E-state index contributed by atoms with van der Waals surface area (Å²) in [4.78, 5) is 53.4. The third-order valence-corrected chi connectivity index (χ3v) is 10.4. The number of hydrogen-bond donors (Lipinski definition) is 1. The summed E-state index contributed by atoms with van der Waals surface area (Å²) < 4.78 is 5.59. The predicted octanol–water partition coefficient (Wildman–Crippen LogP) is 6.98. The van der Waals surface area contributed by atoms with Gasteiger partial charge < -0.3 is 19.7 Å². The van der Waals surface area contributed by atoms with Crippen molar-refractivity contribution in [3.63, 3.8) is 0 Å². The Morgan fingerprint density at radius 3 is 2.36 bits per heavy atom. The fraction of sp³-hybridized carbons (Fsp3) is 0.579. The quantitative estimate of drug-likeness (QED) is 0.191. The number of amides is 2. The Hall–Kier alpha value is -3.48. The van der Waals surface area contributed by atoms with E-state index in [1.165, 1.54) is 21.6 Å². The fourth-order valence-corrected chi connectivity index (χ4v) is 7.76. The Bertz CT molecular complexity index is 1340. The molecule has 0 bridgehead atoms. The van der Waals surface area contributed by atoms with Crippen molar-refractivity contribution in [2.24, 2.45) is 17.3 Å². The van der Waals surface area contributed by atoms with Crippen molar-refractivity contribution in [3.8, 4) is 0 Å². The molecule has 4 unspecified atom stereocenters. The van der Waals surface area contributed by atoms with Gasteiger partial charge in [-0.2, -0.15) is 0 Å². The van der Waals surface area contributed by atoms with Gasteiger partial charge in [0.1, 0.15) is 18.1 Å². The minimum absolute atomic E-state index is 0.122. The number of aldehydes is 1. The SMILES string of the molecule is CCCC1=C2CC(OC=O)=C(C(=O)N(C)C(CC(C)C)C(=O)NC(C=O)C3CCCCC3)CC2(C)C=CC1(C)c1ccccc1. The summed E-state index contributed by atoms with van der Waals surface area (Å²) in [6, 6.07) is 9.11. The van der Waals surface area contributed by atoms with Crippen molar-refractivity contribution in [1.82, 2.24) is 10.2 Å². The molecule has 1 aromatic carbocycles. The maximum Gasteiger partial charge on any atom is 0.298 e. The van der Waals surface area contributed by atoms with Crippen LogP contribution in [-0.2, 0) is 29.3 Å². The molecule has 2 amide bonds. The molecule has 4 rings (SSSR count). The van der Waals surface area contributed by atoms with E-state index in [0.29, 0.717) is 37.1 Å². The predicted molar refractivity (Wildman–Crippen MR) is 177 cm³/mol. The molecule has 0 heterocycles. The second-order valence-corrected chi connectivity index (χ2v) is 14.1. The van der Waals surface area contributed by atoms with Crippen LogP contribution in [0, 0.1) is 17.3 Å². The third kappa shape index (κ3) is 7.34. The highest BCUT2D eigenvalue weighted by atomic mass is 16.5. The topological polar surface area (TPSA) is 92.8 Å². The van der Waals surface area contributed by atoms with Crippen LogP contribution in [0.4, 0.5) is 0 Å². The number of allylic oxidation sites excluding steroid dienone is 4. The lowest BCUT2D eigenvalue weighted by atomic mass is 9.59. The number of fused-ring (bicyclic) bond motifs is 1. The molecular formula is C38H52N2O5. The molecule has 1 saturated carbocycles. The van der Waals surface area contributed by atoms with Gasteiger partial charge in [-0.1, -0.05) is 107 Å². The molecule has 0 saturated heterocycles. The van der Waals surface area contributed by atoms with Crippen LogP contribution in [0.25, 0.3) is 0 Å². The van der Waals surface area contributed by atoms with Gasteiger partial charge in [0.25, 0.3) is 12.4 Å². The van der Waals surface area contributed by atoms with Gasteiger partial charge in [-0.3, -0.25) is 14.4 Å². The van der Waals surface area contributed by atoms with Gasteiger partial charge in [-0.05, 0) is 56.4 Å². The highest BCUT2D eigenvalue weighted by Crippen LogP contribution is 2.54. The minimum Gasteiger partial charge on any atom is -0.432 e. The van der Waals surface area contributed by atoms with Crippen LogP contribution in [0.3, 0.4) is 0 Å². The van der Waals surface area contributed by atoms with E-state index in [4.69, 9.17) is 4.74 Å². The number of rotatable bonds is 13. The molecule has 0 aromatic heterocycles. The summed E-state index contributed by atoms with van der Waals surface area (Å²) in [5.74, 6) is -0.0335. The molecule has 1 fully saturated rings. The Balaban J connectivity index is 1.69. The Morgan fingerprint density at radius 2 is 1.76 bits per heavy atom. The molecule has 4 atom stereocenters. The first-order valence-electron chi connectivity index (χ1n) is 16.8. The second kappa shape index (κ2) is 14.7. The van der Waals surface area contributed by atoms with Crippen molar-refractivity contribution < 1.29 is 23.9 Å². The van der Waals surface area contributed by atoms with Gasteiger partial charge in [0.15, 0.2) is 0 Å². The number of benzene rings is 1. The second-order valence-electron chi connectivity index (χ2n) is 14.1. The molecule has 0 aliphatic heterocycles. The van der Waals surface area contributed by atoms with Crippen LogP contribution in [-0.4, -0.2) is 48.6 Å². The lowest BCUT2D eigenvalue weighted by Crippen LogP contribution is -2.53. The van der Waals surface area contributed by atoms with Gasteiger partial charge >= 0.3 is 0 Å². The Labute approximate surface area is 269 Å². The Kier molecular flexibility index (Phi) is 11.3. The van der Waals surface area contributed by atoms with Gasteiger partial charge in [-0.25, -0.2) is 0 Å². The van der Waals surface area contributed by atoms with Gasteiger partial charge in [-0.15, -0.1) is 0 Å². The molecule has 45 heavy (non-hydrogen) atoms. The Morgan fingerprint density at radius 1 is 1.07 bits per heavy atom. The molecule has 7 heteroatoms. The highest BCUT2D eigenvalue weighted by molar-refractivity contribution is 5.98. The zero-order valence-corrected chi connectivity index (χ0v) is 28.1. The first-order valence-corrected chi connectivity index (χ1v) is 16.8. The lowest BCUT2D eigenvalue weighted by Gasteiger charge is -2.46. The van der Waals surface area contributed by atoms with Crippen molar-refractivity contribution in [2.75, 3.05) is 7.05 Å². The molecule has 3 aliphatic carbocycles. The molecular weight excluding hydrogens is 564 g/mol. The molecule has 3 aliphatic rings. The molecule has 7 nitrogen and oxygen atoms in total. The average Bonchev–Trinajstić information content (AvgIpc) is 3.04. The maximum absolute atomic E-state index is 14.3. The van der Waals surface area contributed by atoms with Crippen molar-refractivity contribution in [3.05, 3.63) is 70.5 Å². The summed E-state index contributed by atoms with van der Waals surface area (Å²) >= 11 is 0. The number of nitrogens with zero attached hydrogens (tertiary/aromatic N) is 1. The largest absolute Gasteiger partial charge is 0.432 e. The molecule has 0 spiro atoms. The van der Waals surface area contributed by atoms with E-state index in [9.17, 15) is 19.2 Å². The van der Waals surface area contributed by atoms with E-state index >= 15 is 0 Å². The van der Waals surface area contributed by atoms with Gasteiger partial charge in [0, 0.05) is 24.3 Å². The van der Waals surface area contributed by atoms with Crippen LogP contribution in [0.2, 0.25) is 0 Å². The number of carbonyl (C=O) groups excluding carboxylic acids is 4. The summed E-state index contributed by atoms with van der Waals surface area (Å²) in [5.41, 5.74) is 3.34. The van der Waals surface area contributed by atoms with Gasteiger partial charge in [0.2, 0.25) is 5.91 Å². The average molecular weight is 617 g/mol. The van der Waals surface area contributed by atoms with E-state index in [2.05, 4.69) is 62.5 Å². The molecule has 1 aromatic rings. The normalized spacial score (nSPS) is 25.0. The van der Waals surface area contributed by atoms with Crippen LogP contribution < -0.4 is 5.32 Å². The monoisotopic (exact) mass is 616 g/mol. The van der Waals surface area contributed by atoms with Crippen molar-refractivity contribution in [2.45, 2.75) is 116 Å². The third-order valence-electron chi connectivity index (χ3n) is 10.4. The number of carbonyl (C=O) groups is 4. The molecule has 244 valence electrons. The summed E-state index contributed by atoms with van der Waals surface area (Å²) in [6.45, 7) is 11.0. The zero-order valence-electron chi connectivity index (χ0n) is 28.1. The van der Waals surface area contributed by atoms with E-state index in [1.54, 1.807) is 7.05 Å². The first-order chi connectivity index (χ1) is 21.5. The summed E-state index contributed by atoms with van der Waals surface area (Å²) in [6.07, 6.45) is 13.4. The maximum atomic E-state index is 14.3. The highest BCUT2D eigenvalue weighted by Gasteiger charge is 2.46. The fourth-order valence-electron chi connectivity index (χ4n) is 7.76. The van der Waals surface area contributed by atoms with Crippen LogP contribution in [0.1, 0.15) is 104 Å². The summed E-state index contributed by atoms with van der Waals surface area (Å²) in [5, 5.41) is 2.99.